The molecule has 0 aromatic heterocycles. The van der Waals surface area contributed by atoms with Crippen LogP contribution in [0.1, 0.15) is 33.6 Å². The van der Waals surface area contributed by atoms with Gasteiger partial charge < -0.3 is 15.1 Å². The number of nitrogens with two attached hydrogens (primary N) is 1. The van der Waals surface area contributed by atoms with Crippen LogP contribution in [-0.4, -0.2) is 21.3 Å². The Labute approximate surface area is 88.6 Å². The summed E-state index contributed by atoms with van der Waals surface area (Å²) in [6.07, 6.45) is 2.59. The average Bonchev–Trinajstić information content (AvgIpc) is 2.01. The largest absolute Gasteiger partial charge is 0.403 e. The molecule has 84 valence electrons. The molecule has 3 N–H and O–H groups in total. The Morgan fingerprint density at radius 2 is 2.07 bits per heavy atom. The van der Waals surface area contributed by atoms with Gasteiger partial charge in [-0.3, -0.25) is 0 Å². The van der Waals surface area contributed by atoms with Gasteiger partial charge in [-0.25, -0.2) is 0 Å². The molecule has 4 heteroatoms. The first-order valence-electron chi connectivity index (χ1n) is 5.71. The first-order valence-corrected chi connectivity index (χ1v) is 8.03. The van der Waals surface area contributed by atoms with Crippen molar-refractivity contribution in [2.24, 2.45) is 11.7 Å². The quantitative estimate of drug-likeness (QED) is 0.556. The van der Waals surface area contributed by atoms with Gasteiger partial charge in [0.2, 0.25) is 0 Å². The van der Waals surface area contributed by atoms with E-state index < -0.39 is 8.48 Å². The average molecular weight is 216 g/mol. The van der Waals surface area contributed by atoms with Crippen LogP contribution in [0.3, 0.4) is 0 Å². The van der Waals surface area contributed by atoms with Crippen LogP contribution in [-0.2, 0) is 4.43 Å². The van der Waals surface area contributed by atoms with Gasteiger partial charge in [0.1, 0.15) is 0 Å². The van der Waals surface area contributed by atoms with Gasteiger partial charge in [0.05, 0.1) is 0 Å². The maximum atomic E-state index is 6.04. The highest BCUT2D eigenvalue weighted by Gasteiger charge is 2.38. The minimum atomic E-state index is -1.68. The van der Waals surface area contributed by atoms with Crippen LogP contribution in [0.25, 0.3) is 0 Å². The molecule has 1 aliphatic rings. The Kier molecular flexibility index (Phi) is 4.57. The summed E-state index contributed by atoms with van der Waals surface area (Å²) in [4.78, 5) is 3.52. The summed E-state index contributed by atoms with van der Waals surface area (Å²) in [5.41, 5.74) is 5.83. The summed E-state index contributed by atoms with van der Waals surface area (Å²) in [6.45, 7) is 7.46. The van der Waals surface area contributed by atoms with E-state index in [0.717, 1.165) is 6.61 Å². The molecule has 0 aromatic carbocycles. The summed E-state index contributed by atoms with van der Waals surface area (Å²) >= 11 is 0. The fraction of sp³-hybridized carbons (Fsp3) is 1.00. The fourth-order valence-corrected chi connectivity index (χ4v) is 6.58. The topological polar surface area (TPSA) is 47.3 Å². The van der Waals surface area contributed by atoms with E-state index in [9.17, 15) is 0 Å². The lowest BCUT2D eigenvalue weighted by molar-refractivity contribution is 0.249. The molecule has 2 atom stereocenters. The van der Waals surface area contributed by atoms with Gasteiger partial charge in [-0.05, 0) is 31.4 Å². The Morgan fingerprint density at radius 3 is 2.50 bits per heavy atom. The van der Waals surface area contributed by atoms with Crippen molar-refractivity contribution in [2.45, 2.75) is 51.9 Å². The molecule has 14 heavy (non-hydrogen) atoms. The maximum Gasteiger partial charge on any atom is 0.270 e. The summed E-state index contributed by atoms with van der Waals surface area (Å²) in [7, 11) is -1.68. The van der Waals surface area contributed by atoms with E-state index in [1.165, 1.54) is 24.9 Å². The molecule has 3 nitrogen and oxygen atoms in total. The van der Waals surface area contributed by atoms with E-state index in [0.29, 0.717) is 5.92 Å². The van der Waals surface area contributed by atoms with Crippen LogP contribution in [0.15, 0.2) is 0 Å². The van der Waals surface area contributed by atoms with Crippen LogP contribution in [0, 0.1) is 5.92 Å². The fourth-order valence-electron chi connectivity index (χ4n) is 2.26. The van der Waals surface area contributed by atoms with E-state index in [-0.39, 0.29) is 6.17 Å². The van der Waals surface area contributed by atoms with Crippen molar-refractivity contribution in [3.8, 4) is 0 Å². The lowest BCUT2D eigenvalue weighted by Crippen LogP contribution is -2.60. The minimum Gasteiger partial charge on any atom is -0.403 e. The molecule has 0 amide bonds. The van der Waals surface area contributed by atoms with Crippen molar-refractivity contribution in [3.05, 3.63) is 0 Å². The molecule has 0 aromatic rings. The molecule has 1 aliphatic heterocycles. The molecule has 0 bridgehead atoms. The van der Waals surface area contributed by atoms with Gasteiger partial charge in [-0.1, -0.05) is 20.3 Å². The highest BCUT2D eigenvalue weighted by atomic mass is 28.4. The molecule has 0 spiro atoms. The van der Waals surface area contributed by atoms with E-state index in [4.69, 9.17) is 10.2 Å². The molecule has 0 radical (unpaired) electrons. The van der Waals surface area contributed by atoms with Crippen LogP contribution >= 0.6 is 0 Å². The Bertz CT molecular complexity index is 156. The molecule has 1 saturated heterocycles. The van der Waals surface area contributed by atoms with Crippen LogP contribution in [0.2, 0.25) is 12.1 Å². The molecule has 1 rings (SSSR count). The zero-order valence-electron chi connectivity index (χ0n) is 9.68. The van der Waals surface area contributed by atoms with E-state index >= 15 is 0 Å². The summed E-state index contributed by atoms with van der Waals surface area (Å²) in [5.74, 6) is 0.700. The number of nitrogens with one attached hydrogen (secondary N) is 1. The second kappa shape index (κ2) is 5.26. The molecular weight excluding hydrogens is 192 g/mol. The van der Waals surface area contributed by atoms with Crippen LogP contribution in [0.5, 0.6) is 0 Å². The Morgan fingerprint density at radius 1 is 1.36 bits per heavy atom. The number of rotatable bonds is 4. The van der Waals surface area contributed by atoms with Crippen molar-refractivity contribution in [3.63, 3.8) is 0 Å². The molecule has 0 aliphatic carbocycles. The van der Waals surface area contributed by atoms with Crippen LogP contribution in [0.4, 0.5) is 0 Å². The number of hydrogen-bond donors (Lipinski definition) is 2. The van der Waals surface area contributed by atoms with Gasteiger partial charge in [0.25, 0.3) is 8.48 Å². The summed E-state index contributed by atoms with van der Waals surface area (Å²) in [5, 5.41) is 0. The third kappa shape index (κ3) is 3.69. The second-order valence-electron chi connectivity index (χ2n) is 4.83. The summed E-state index contributed by atoms with van der Waals surface area (Å²) in [6, 6.07) is 2.42. The highest BCUT2D eigenvalue weighted by molar-refractivity contribution is 6.71. The first kappa shape index (κ1) is 12.2. The molecule has 1 heterocycles. The normalized spacial score (nSPS) is 30.6. The molecule has 0 saturated carbocycles. The zero-order chi connectivity index (χ0) is 10.6. The maximum absolute atomic E-state index is 6.04. The van der Waals surface area contributed by atoms with Crippen molar-refractivity contribution >= 4 is 8.48 Å². The standard InChI is InChI=1S/C10H24N2OSi/c1-9(2)8-14(12-10(3)11)7-5-4-6-13-14/h9-10,12H,4-8,11H2,1-3H3. The minimum absolute atomic E-state index is 0.0681. The van der Waals surface area contributed by atoms with Gasteiger partial charge >= 0.3 is 0 Å². The SMILES string of the molecule is CC(C)C[Si]1(NC(C)N)CCCCO1. The van der Waals surface area contributed by atoms with E-state index in [1.54, 1.807) is 0 Å². The van der Waals surface area contributed by atoms with Crippen molar-refractivity contribution in [2.75, 3.05) is 6.61 Å². The zero-order valence-corrected chi connectivity index (χ0v) is 10.7. The second-order valence-corrected chi connectivity index (χ2v) is 8.31. The first-order chi connectivity index (χ1) is 6.54. The highest BCUT2D eigenvalue weighted by Crippen LogP contribution is 2.26. The molecule has 1 fully saturated rings. The third-order valence-corrected chi connectivity index (χ3v) is 6.96. The molecular formula is C10H24N2OSi. The van der Waals surface area contributed by atoms with Gasteiger partial charge in [-0.2, -0.15) is 0 Å². The monoisotopic (exact) mass is 216 g/mol. The van der Waals surface area contributed by atoms with Gasteiger partial charge in [0.15, 0.2) is 0 Å². The van der Waals surface area contributed by atoms with Crippen LogP contribution < -0.4 is 10.7 Å². The smallest absolute Gasteiger partial charge is 0.270 e. The van der Waals surface area contributed by atoms with Crippen molar-refractivity contribution in [1.29, 1.82) is 0 Å². The lowest BCUT2D eigenvalue weighted by atomic mass is 10.3. The van der Waals surface area contributed by atoms with E-state index in [2.05, 4.69) is 18.8 Å². The third-order valence-electron chi connectivity index (χ3n) is 2.58. The van der Waals surface area contributed by atoms with Gasteiger partial charge in [0, 0.05) is 12.8 Å². The molecule has 2 unspecified atom stereocenters. The van der Waals surface area contributed by atoms with Gasteiger partial charge in [-0.15, -0.1) is 0 Å². The Balaban J connectivity index is 2.57. The predicted octanol–water partition coefficient (Wildman–Crippen LogP) is 1.79. The van der Waals surface area contributed by atoms with Crippen molar-refractivity contribution in [1.82, 2.24) is 4.98 Å². The number of hydrogen-bond acceptors (Lipinski definition) is 3. The van der Waals surface area contributed by atoms with E-state index in [1.807, 2.05) is 6.92 Å². The lowest BCUT2D eigenvalue weighted by Gasteiger charge is -2.38. The predicted molar refractivity (Wildman–Crippen MR) is 62.2 cm³/mol. The summed E-state index contributed by atoms with van der Waals surface area (Å²) < 4.78 is 6.04. The Hall–Kier alpha value is 0.0969. The van der Waals surface area contributed by atoms with Crippen molar-refractivity contribution < 1.29 is 4.43 Å².